The summed E-state index contributed by atoms with van der Waals surface area (Å²) >= 11 is 0. The molecule has 0 saturated carbocycles. The molecule has 8 heterocycles. The molecule has 23 nitrogen and oxygen atoms in total. The Labute approximate surface area is 525 Å². The van der Waals surface area contributed by atoms with Gasteiger partial charge in [0.2, 0.25) is 47.6 Å². The van der Waals surface area contributed by atoms with Gasteiger partial charge in [0, 0.05) is 121 Å². The fourth-order valence-corrected chi connectivity index (χ4v) is 16.7. The first kappa shape index (κ1) is 68.1. The molecule has 0 bridgehead atoms. The van der Waals surface area contributed by atoms with Crippen LogP contribution in [0.1, 0.15) is 209 Å². The minimum atomic E-state index is -0.104. The van der Waals surface area contributed by atoms with Crippen LogP contribution in [0.15, 0.2) is 0 Å². The minimum Gasteiger partial charge on any atom is -0.341 e. The highest BCUT2D eigenvalue weighted by atomic mass is 15.5. The molecule has 0 radical (unpaired) electrons. The lowest BCUT2D eigenvalue weighted by molar-refractivity contribution is 0.159. The molecular weight excluding hydrogens is 1090 g/mol. The van der Waals surface area contributed by atoms with Crippen molar-refractivity contribution in [2.24, 2.45) is 0 Å². The average Bonchev–Trinajstić information content (AvgIpc) is 0.920. The van der Waals surface area contributed by atoms with Crippen LogP contribution < -0.4 is 66.6 Å². The van der Waals surface area contributed by atoms with Gasteiger partial charge in [0.15, 0.2) is 0 Å². The second-order valence-electron chi connectivity index (χ2n) is 34.0. The number of nitrogens with zero attached hydrogens (tertiary/aromatic N) is 16. The van der Waals surface area contributed by atoms with Gasteiger partial charge >= 0.3 is 0 Å². The highest BCUT2D eigenvalue weighted by Gasteiger charge is 2.46. The fraction of sp³-hybridized carbons (Fsp3) is 0.859. The lowest BCUT2D eigenvalue weighted by atomic mass is 9.79. The van der Waals surface area contributed by atoms with E-state index in [1.54, 1.807) is 0 Å². The molecule has 23 heteroatoms. The Hall–Kier alpha value is -4.81. The van der Waals surface area contributed by atoms with Crippen molar-refractivity contribution in [2.45, 2.75) is 295 Å². The maximum absolute atomic E-state index is 5.51. The molecule has 0 unspecified atom stereocenters. The third-order valence-electron chi connectivity index (χ3n) is 18.7. The number of aromatic nitrogens is 9. The van der Waals surface area contributed by atoms with Crippen molar-refractivity contribution in [1.29, 1.82) is 0 Å². The summed E-state index contributed by atoms with van der Waals surface area (Å²) in [6, 6.07) is 0.909. The summed E-state index contributed by atoms with van der Waals surface area (Å²) in [5.41, 5.74) is -0.839. The summed E-state index contributed by atoms with van der Waals surface area (Å²) in [6.45, 7) is 48.8. The topological polar surface area (TPSA) is 223 Å². The molecule has 5 fully saturated rings. The molecule has 7 N–H and O–H groups in total. The van der Waals surface area contributed by atoms with Crippen molar-refractivity contribution in [3.8, 4) is 0 Å². The van der Waals surface area contributed by atoms with Gasteiger partial charge in [-0.15, -0.1) is 0 Å². The zero-order chi connectivity index (χ0) is 64.6. The Bertz CT molecular complexity index is 2660. The lowest BCUT2D eigenvalue weighted by Gasteiger charge is -2.49. The molecule has 0 atom stereocenters. The van der Waals surface area contributed by atoms with Crippen LogP contribution in [-0.4, -0.2) is 198 Å². The number of aryl methyl sites for hydroxylation is 1. The van der Waals surface area contributed by atoms with Gasteiger partial charge in [0.25, 0.3) is 0 Å². The van der Waals surface area contributed by atoms with Crippen LogP contribution in [0.3, 0.4) is 0 Å². The van der Waals surface area contributed by atoms with E-state index in [1.807, 2.05) is 6.92 Å². The van der Waals surface area contributed by atoms with Gasteiger partial charge in [0.1, 0.15) is 5.82 Å². The lowest BCUT2D eigenvalue weighted by Crippen LogP contribution is -2.62. The van der Waals surface area contributed by atoms with Crippen LogP contribution in [0.25, 0.3) is 0 Å². The predicted octanol–water partition coefficient (Wildman–Crippen LogP) is 8.11. The zero-order valence-corrected chi connectivity index (χ0v) is 59.2. The van der Waals surface area contributed by atoms with Crippen molar-refractivity contribution in [3.63, 3.8) is 0 Å². The van der Waals surface area contributed by atoms with Crippen molar-refractivity contribution in [2.75, 3.05) is 102 Å². The van der Waals surface area contributed by atoms with Crippen LogP contribution in [0.4, 0.5) is 47.6 Å². The Balaban J connectivity index is 1.19. The first-order valence-corrected chi connectivity index (χ1v) is 32.4. The van der Waals surface area contributed by atoms with Gasteiger partial charge in [-0.05, 0) is 217 Å². The molecular formula is C64H119N23. The normalized spacial score (nSPS) is 24.0. The van der Waals surface area contributed by atoms with E-state index in [0.717, 1.165) is 64.2 Å². The number of hydrogen-bond acceptors (Lipinski definition) is 23. The highest BCUT2D eigenvalue weighted by molar-refractivity contribution is 5.51. The van der Waals surface area contributed by atoms with Gasteiger partial charge < -0.3 is 66.6 Å². The Morgan fingerprint density at radius 1 is 0.310 bits per heavy atom. The average molecular weight is 1210 g/mol. The van der Waals surface area contributed by atoms with Crippen molar-refractivity contribution < 1.29 is 0 Å². The van der Waals surface area contributed by atoms with E-state index >= 15 is 0 Å². The van der Waals surface area contributed by atoms with Crippen LogP contribution in [-0.2, 0) is 0 Å². The fourth-order valence-electron chi connectivity index (χ4n) is 16.7. The summed E-state index contributed by atoms with van der Waals surface area (Å²) in [4.78, 5) is 63.0. The van der Waals surface area contributed by atoms with Crippen LogP contribution in [0, 0.1) is 6.92 Å². The molecule has 490 valence electrons. The van der Waals surface area contributed by atoms with E-state index in [0.29, 0.717) is 66.7 Å². The van der Waals surface area contributed by atoms with Crippen molar-refractivity contribution >= 4 is 47.6 Å². The number of nitrogens with one attached hydrogen (secondary N) is 7. The number of hydrogen-bond donors (Lipinski definition) is 7. The third-order valence-corrected chi connectivity index (χ3v) is 18.7. The SMILES string of the molecule is Cc1nc(NCN(C)CN(CNc2nc(N(C)C3CC(C)(C)NC(C)(C)C3)nc(N(C)C3CC(C)(C)NC(C)(C)C3)n2)c2nc(N(C)C3CC(C)(C)NC(C)(C)C3)nc(N(C)C3CC(C)(C)NC(C)(C)C3)n2)nc(N(C)C2CC(C)(C)NC(C)(C)C2)n1. The molecule has 87 heavy (non-hydrogen) atoms. The largest absolute Gasteiger partial charge is 0.341 e. The molecule has 3 aromatic heterocycles. The van der Waals surface area contributed by atoms with Crippen LogP contribution in [0.5, 0.6) is 0 Å². The highest BCUT2D eigenvalue weighted by Crippen LogP contribution is 2.39. The van der Waals surface area contributed by atoms with Crippen LogP contribution in [0.2, 0.25) is 0 Å². The summed E-state index contributed by atoms with van der Waals surface area (Å²) < 4.78 is 0. The van der Waals surface area contributed by atoms with E-state index < -0.39 is 0 Å². The van der Waals surface area contributed by atoms with E-state index in [2.05, 4.69) is 252 Å². The molecule has 0 aliphatic carbocycles. The summed E-state index contributed by atoms with van der Waals surface area (Å²) in [6.07, 6.45) is 9.33. The number of rotatable bonds is 19. The summed E-state index contributed by atoms with van der Waals surface area (Å²) in [5.74, 6) is 5.35. The summed E-state index contributed by atoms with van der Waals surface area (Å²) in [5, 5.41) is 26.8. The molecule has 5 aliphatic heterocycles. The van der Waals surface area contributed by atoms with E-state index in [9.17, 15) is 0 Å². The second-order valence-corrected chi connectivity index (χ2v) is 34.0. The molecule has 5 aliphatic rings. The van der Waals surface area contributed by atoms with Gasteiger partial charge in [-0.25, -0.2) is 0 Å². The van der Waals surface area contributed by atoms with Gasteiger partial charge in [-0.2, -0.15) is 44.9 Å². The van der Waals surface area contributed by atoms with Gasteiger partial charge in [-0.1, -0.05) is 0 Å². The molecule has 5 saturated heterocycles. The monoisotopic (exact) mass is 1210 g/mol. The van der Waals surface area contributed by atoms with E-state index in [4.69, 9.17) is 44.9 Å². The summed E-state index contributed by atoms with van der Waals surface area (Å²) in [7, 11) is 12.8. The minimum absolute atomic E-state index is 0.0369. The molecule has 0 amide bonds. The number of piperidine rings is 5. The van der Waals surface area contributed by atoms with Crippen LogP contribution >= 0.6 is 0 Å². The first-order chi connectivity index (χ1) is 39.7. The Kier molecular flexibility index (Phi) is 18.9. The number of anilines is 8. The molecule has 3 aromatic rings. The molecule has 8 rings (SSSR count). The maximum Gasteiger partial charge on any atom is 0.234 e. The van der Waals surface area contributed by atoms with E-state index in [1.165, 1.54) is 0 Å². The predicted molar refractivity (Wildman–Crippen MR) is 360 cm³/mol. The van der Waals surface area contributed by atoms with Gasteiger partial charge in [-0.3, -0.25) is 4.90 Å². The quantitative estimate of drug-likeness (QED) is 0.0563. The smallest absolute Gasteiger partial charge is 0.234 e. The van der Waals surface area contributed by atoms with Crippen molar-refractivity contribution in [1.82, 2.24) is 76.3 Å². The van der Waals surface area contributed by atoms with E-state index in [-0.39, 0.29) is 92.3 Å². The second kappa shape index (κ2) is 24.1. The first-order valence-electron chi connectivity index (χ1n) is 32.4. The van der Waals surface area contributed by atoms with Gasteiger partial charge in [0.05, 0.1) is 20.0 Å². The zero-order valence-electron chi connectivity index (χ0n) is 59.2. The van der Waals surface area contributed by atoms with Crippen molar-refractivity contribution in [3.05, 3.63) is 5.82 Å². The third kappa shape index (κ3) is 17.8. The molecule has 0 spiro atoms. The Morgan fingerprint density at radius 2 is 0.529 bits per heavy atom. The maximum atomic E-state index is 5.51. The standard InChI is InChI=1S/C64H119N23/c1-41-67-47(69-49(68-41)82(23)42-28-55(2,3)76-56(4,5)29-42)65-38-81(22)40-87(54-74-52(85(26)45-34-61(14,15)79-62(16,17)35-45)73-53(75-54)86(27)46-36-63(18,19)80-64(20,21)37-46)39-66-48-70-50(83(24)43-30-57(6,7)77-58(8,9)31-43)72-51(71-48)84(25)44-32-59(10,11)78-60(12,13)33-44/h42-46,76-80H,28-40H2,1-27H3,(H,65,67,68,69)(H,66,70,71,72). The molecule has 0 aromatic carbocycles. The Morgan fingerprint density at radius 3 is 0.805 bits per heavy atom.